The number of nitrogens with one attached hydrogen (secondary N) is 1. The SMILES string of the molecule is O=C(N/N=C/c1cc(Cl)cc([N+](=O)[O-])c1[O-])c1cc2ccccc2cc1O. The van der Waals surface area contributed by atoms with E-state index in [1.165, 1.54) is 18.2 Å². The molecular formula is C18H11ClN3O5-. The number of hydrogen-bond acceptors (Lipinski definition) is 6. The minimum Gasteiger partial charge on any atom is -0.867 e. The van der Waals surface area contributed by atoms with Crippen LogP contribution in [0.2, 0.25) is 5.02 Å². The molecule has 0 aliphatic rings. The third-order valence-corrected chi connectivity index (χ3v) is 3.96. The van der Waals surface area contributed by atoms with E-state index in [0.29, 0.717) is 0 Å². The van der Waals surface area contributed by atoms with Gasteiger partial charge < -0.3 is 10.2 Å². The Morgan fingerprint density at radius 2 is 1.85 bits per heavy atom. The van der Waals surface area contributed by atoms with Crippen LogP contribution in [-0.4, -0.2) is 22.2 Å². The highest BCUT2D eigenvalue weighted by atomic mass is 35.5. The van der Waals surface area contributed by atoms with E-state index in [4.69, 9.17) is 11.6 Å². The van der Waals surface area contributed by atoms with E-state index in [1.807, 2.05) is 0 Å². The van der Waals surface area contributed by atoms with E-state index in [2.05, 4.69) is 10.5 Å². The zero-order chi connectivity index (χ0) is 19.6. The fourth-order valence-electron chi connectivity index (χ4n) is 2.46. The standard InChI is InChI=1S/C18H12ClN3O5/c19-13-5-12(17(24)15(8-13)22(26)27)9-20-21-18(25)14-6-10-3-1-2-4-11(10)7-16(14)23/h1-9,23-24H,(H,21,25)/p-1/b20-9+. The predicted molar refractivity (Wildman–Crippen MR) is 98.2 cm³/mol. The number of phenolic OH excluding ortho intramolecular Hbond substituents is 1. The van der Waals surface area contributed by atoms with Crippen LogP contribution in [0.3, 0.4) is 0 Å². The molecule has 0 aromatic heterocycles. The van der Waals surface area contributed by atoms with Gasteiger partial charge in [-0.2, -0.15) is 5.10 Å². The summed E-state index contributed by atoms with van der Waals surface area (Å²) in [6, 6.07) is 12.2. The highest BCUT2D eigenvalue weighted by Gasteiger charge is 2.13. The Bertz CT molecular complexity index is 1100. The van der Waals surface area contributed by atoms with Crippen LogP contribution < -0.4 is 10.5 Å². The summed E-state index contributed by atoms with van der Waals surface area (Å²) in [6.45, 7) is 0. The molecule has 8 nitrogen and oxygen atoms in total. The number of nitro groups is 1. The summed E-state index contributed by atoms with van der Waals surface area (Å²) in [7, 11) is 0. The number of nitrogens with zero attached hydrogens (tertiary/aromatic N) is 2. The molecule has 0 aliphatic heterocycles. The molecule has 0 saturated carbocycles. The maximum absolute atomic E-state index is 12.2. The molecule has 1 amide bonds. The lowest BCUT2D eigenvalue weighted by molar-refractivity contribution is -0.398. The van der Waals surface area contributed by atoms with Gasteiger partial charge in [-0.1, -0.05) is 35.9 Å². The molecule has 0 spiro atoms. The van der Waals surface area contributed by atoms with Crippen molar-refractivity contribution in [1.82, 2.24) is 5.43 Å². The van der Waals surface area contributed by atoms with Gasteiger partial charge in [0.05, 0.1) is 16.7 Å². The average molecular weight is 385 g/mol. The maximum atomic E-state index is 12.2. The third-order valence-electron chi connectivity index (χ3n) is 3.74. The number of benzene rings is 3. The van der Waals surface area contributed by atoms with Crippen LogP contribution in [0.25, 0.3) is 10.8 Å². The van der Waals surface area contributed by atoms with Gasteiger partial charge in [0.2, 0.25) is 0 Å². The lowest BCUT2D eigenvalue weighted by atomic mass is 10.1. The highest BCUT2D eigenvalue weighted by molar-refractivity contribution is 6.31. The lowest BCUT2D eigenvalue weighted by Crippen LogP contribution is -2.18. The van der Waals surface area contributed by atoms with Crippen LogP contribution in [0, 0.1) is 10.1 Å². The molecule has 0 aliphatic carbocycles. The number of rotatable bonds is 4. The van der Waals surface area contributed by atoms with Crippen molar-refractivity contribution in [3.63, 3.8) is 0 Å². The Morgan fingerprint density at radius 1 is 1.19 bits per heavy atom. The molecule has 3 aromatic rings. The number of hydrogen-bond donors (Lipinski definition) is 2. The minimum atomic E-state index is -0.879. The summed E-state index contributed by atoms with van der Waals surface area (Å²) < 4.78 is 0. The van der Waals surface area contributed by atoms with Gasteiger partial charge >= 0.3 is 0 Å². The van der Waals surface area contributed by atoms with Crippen molar-refractivity contribution in [2.24, 2.45) is 5.10 Å². The van der Waals surface area contributed by atoms with Crippen molar-refractivity contribution < 1.29 is 19.9 Å². The molecule has 2 N–H and O–H groups in total. The van der Waals surface area contributed by atoms with Gasteiger partial charge in [-0.15, -0.1) is 0 Å². The second-order valence-corrected chi connectivity index (χ2v) is 5.95. The summed E-state index contributed by atoms with van der Waals surface area (Å²) >= 11 is 5.75. The van der Waals surface area contributed by atoms with Crippen LogP contribution in [0.5, 0.6) is 11.5 Å². The van der Waals surface area contributed by atoms with Crippen LogP contribution in [0.15, 0.2) is 53.6 Å². The summed E-state index contributed by atoms with van der Waals surface area (Å²) in [6.07, 6.45) is 0.956. The van der Waals surface area contributed by atoms with Crippen molar-refractivity contribution in [2.45, 2.75) is 0 Å². The first-order valence-corrected chi connectivity index (χ1v) is 7.94. The van der Waals surface area contributed by atoms with Crippen LogP contribution in [0.1, 0.15) is 15.9 Å². The van der Waals surface area contributed by atoms with Gasteiger partial charge in [0, 0.05) is 11.1 Å². The first-order chi connectivity index (χ1) is 12.9. The molecule has 136 valence electrons. The van der Waals surface area contributed by atoms with E-state index in [-0.39, 0.29) is 21.9 Å². The summed E-state index contributed by atoms with van der Waals surface area (Å²) in [5.41, 5.74) is 1.31. The molecule has 0 bridgehead atoms. The minimum absolute atomic E-state index is 0.00901. The first kappa shape index (κ1) is 18.2. The molecule has 0 radical (unpaired) electrons. The van der Waals surface area contributed by atoms with E-state index in [0.717, 1.165) is 23.1 Å². The Balaban J connectivity index is 1.84. The molecule has 3 aromatic carbocycles. The molecular weight excluding hydrogens is 374 g/mol. The molecule has 3 rings (SSSR count). The number of hydrazone groups is 1. The summed E-state index contributed by atoms with van der Waals surface area (Å²) in [5, 5.41) is 37.9. The number of amides is 1. The first-order valence-electron chi connectivity index (χ1n) is 7.57. The number of carbonyl (C=O) groups is 1. The highest BCUT2D eigenvalue weighted by Crippen LogP contribution is 2.30. The number of aromatic hydroxyl groups is 1. The lowest BCUT2D eigenvalue weighted by Gasteiger charge is -2.11. The summed E-state index contributed by atoms with van der Waals surface area (Å²) in [5.74, 6) is -1.82. The van der Waals surface area contributed by atoms with Crippen LogP contribution in [-0.2, 0) is 0 Å². The number of halogens is 1. The van der Waals surface area contributed by atoms with E-state index in [9.17, 15) is 25.1 Å². The number of nitro benzene ring substituents is 1. The normalized spacial score (nSPS) is 11.0. The Morgan fingerprint density at radius 3 is 2.52 bits per heavy atom. The van der Waals surface area contributed by atoms with Crippen molar-refractivity contribution in [2.75, 3.05) is 0 Å². The topological polar surface area (TPSA) is 128 Å². The van der Waals surface area contributed by atoms with Crippen molar-refractivity contribution >= 4 is 40.2 Å². The van der Waals surface area contributed by atoms with Gasteiger partial charge in [0.15, 0.2) is 0 Å². The fourth-order valence-corrected chi connectivity index (χ4v) is 2.68. The quantitative estimate of drug-likeness (QED) is 0.406. The largest absolute Gasteiger partial charge is 0.867 e. The summed E-state index contributed by atoms with van der Waals surface area (Å²) in [4.78, 5) is 22.2. The zero-order valence-corrected chi connectivity index (χ0v) is 14.3. The van der Waals surface area contributed by atoms with E-state index < -0.39 is 22.3 Å². The molecule has 0 heterocycles. The van der Waals surface area contributed by atoms with Gasteiger partial charge in [-0.3, -0.25) is 14.9 Å². The number of carbonyl (C=O) groups excluding carboxylic acids is 1. The van der Waals surface area contributed by atoms with Gasteiger partial charge in [0.1, 0.15) is 5.75 Å². The molecule has 27 heavy (non-hydrogen) atoms. The third kappa shape index (κ3) is 3.80. The van der Waals surface area contributed by atoms with Crippen molar-refractivity contribution in [1.29, 1.82) is 0 Å². The van der Waals surface area contributed by atoms with Crippen molar-refractivity contribution in [3.05, 3.63) is 74.8 Å². The second-order valence-electron chi connectivity index (χ2n) is 5.52. The zero-order valence-electron chi connectivity index (χ0n) is 13.5. The number of phenols is 1. The molecule has 0 saturated heterocycles. The Kier molecular flexibility index (Phi) is 4.91. The monoisotopic (exact) mass is 384 g/mol. The second kappa shape index (κ2) is 7.30. The number of fused-ring (bicyclic) bond motifs is 1. The van der Waals surface area contributed by atoms with E-state index in [1.54, 1.807) is 24.3 Å². The van der Waals surface area contributed by atoms with Gasteiger partial charge in [-0.25, -0.2) is 5.43 Å². The van der Waals surface area contributed by atoms with Crippen molar-refractivity contribution in [3.8, 4) is 11.5 Å². The average Bonchev–Trinajstić information content (AvgIpc) is 2.63. The molecule has 0 fully saturated rings. The van der Waals surface area contributed by atoms with Gasteiger partial charge in [0.25, 0.3) is 11.6 Å². The Labute approximate surface area is 157 Å². The fraction of sp³-hybridized carbons (Fsp3) is 0. The van der Waals surface area contributed by atoms with Crippen LogP contribution >= 0.6 is 11.6 Å². The predicted octanol–water partition coefficient (Wildman–Crippen LogP) is 2.94. The molecule has 0 unspecified atom stereocenters. The smallest absolute Gasteiger partial charge is 0.275 e. The van der Waals surface area contributed by atoms with Gasteiger partial charge in [-0.05, 0) is 40.3 Å². The van der Waals surface area contributed by atoms with E-state index >= 15 is 0 Å². The maximum Gasteiger partial charge on any atom is 0.275 e. The molecule has 0 atom stereocenters. The Hall–Kier alpha value is -3.65. The van der Waals surface area contributed by atoms with Crippen LogP contribution in [0.4, 0.5) is 5.69 Å². The molecule has 9 heteroatoms.